The lowest BCUT2D eigenvalue weighted by molar-refractivity contribution is 0.200. The minimum absolute atomic E-state index is 0.0215. The molecule has 2 heterocycles. The number of hydrogen-bond acceptors (Lipinski definition) is 3. The first kappa shape index (κ1) is 20.9. The number of alkyl halides is 1. The molecule has 0 fully saturated rings. The smallest absolute Gasteiger partial charge is 0.319 e. The van der Waals surface area contributed by atoms with Gasteiger partial charge in [-0.15, -0.1) is 0 Å². The van der Waals surface area contributed by atoms with Crippen LogP contribution in [-0.2, 0) is 0 Å². The molecule has 3 rings (SSSR count). The van der Waals surface area contributed by atoms with Gasteiger partial charge in [0.15, 0.2) is 0 Å². The maximum absolute atomic E-state index is 14.2. The van der Waals surface area contributed by atoms with Crippen LogP contribution >= 0.6 is 11.6 Å². The maximum Gasteiger partial charge on any atom is 0.319 e. The van der Waals surface area contributed by atoms with Gasteiger partial charge in [-0.2, -0.15) is 0 Å². The summed E-state index contributed by atoms with van der Waals surface area (Å²) in [6.45, 7) is 4.84. The van der Waals surface area contributed by atoms with Crippen molar-refractivity contribution in [1.82, 2.24) is 15.3 Å². The minimum Gasteiger partial charge on any atom is -0.338 e. The number of urea groups is 1. The van der Waals surface area contributed by atoms with Gasteiger partial charge in [-0.1, -0.05) is 17.7 Å². The number of aromatic nitrogens is 2. The van der Waals surface area contributed by atoms with Crippen molar-refractivity contribution in [3.63, 3.8) is 0 Å². The third kappa shape index (κ3) is 5.38. The average Bonchev–Trinajstić information content (AvgIpc) is 2.62. The number of amides is 2. The second-order valence-electron chi connectivity index (χ2n) is 7.37. The number of pyridine rings is 2. The summed E-state index contributed by atoms with van der Waals surface area (Å²) in [6, 6.07) is 7.39. The summed E-state index contributed by atoms with van der Waals surface area (Å²) in [7, 11) is 0. The first-order valence-corrected chi connectivity index (χ1v) is 9.47. The van der Waals surface area contributed by atoms with Gasteiger partial charge in [-0.25, -0.2) is 18.6 Å². The van der Waals surface area contributed by atoms with Gasteiger partial charge in [-0.05, 0) is 51.0 Å². The molecule has 0 radical (unpaired) electrons. The van der Waals surface area contributed by atoms with E-state index in [9.17, 15) is 13.6 Å². The summed E-state index contributed by atoms with van der Waals surface area (Å²) < 4.78 is 27.7. The fourth-order valence-electron chi connectivity index (χ4n) is 2.86. The van der Waals surface area contributed by atoms with Crippen LogP contribution < -0.4 is 10.6 Å². The largest absolute Gasteiger partial charge is 0.338 e. The highest BCUT2D eigenvalue weighted by Crippen LogP contribution is 2.29. The Kier molecular flexibility index (Phi) is 5.98. The maximum atomic E-state index is 14.2. The molecule has 3 aromatic rings. The summed E-state index contributed by atoms with van der Waals surface area (Å²) >= 11 is 5.92. The van der Waals surface area contributed by atoms with Crippen molar-refractivity contribution < 1.29 is 13.6 Å². The number of nitrogens with one attached hydrogen (secondary N) is 2. The van der Waals surface area contributed by atoms with Crippen molar-refractivity contribution in [2.75, 3.05) is 11.9 Å². The molecule has 2 amide bonds. The zero-order chi connectivity index (χ0) is 21.2. The summed E-state index contributed by atoms with van der Waals surface area (Å²) in [5.41, 5.74) is 1.54. The van der Waals surface area contributed by atoms with Gasteiger partial charge >= 0.3 is 6.03 Å². The van der Waals surface area contributed by atoms with Crippen LogP contribution in [0.1, 0.15) is 26.0 Å². The predicted octanol–water partition coefficient (Wildman–Crippen LogP) is 5.66. The molecule has 0 aliphatic heterocycles. The van der Waals surface area contributed by atoms with Gasteiger partial charge in [0, 0.05) is 35.5 Å². The van der Waals surface area contributed by atoms with Crippen LogP contribution in [-0.4, -0.2) is 28.2 Å². The Hall–Kier alpha value is -2.80. The molecular weight excluding hydrogens is 398 g/mol. The number of anilines is 1. The molecule has 0 spiro atoms. The third-order valence-corrected chi connectivity index (χ3v) is 4.59. The normalized spacial score (nSPS) is 11.5. The van der Waals surface area contributed by atoms with Crippen LogP contribution in [0, 0.1) is 12.7 Å². The van der Waals surface area contributed by atoms with E-state index >= 15 is 0 Å². The number of carbonyl (C=O) groups is 1. The fraction of sp³-hybridized carbons (Fsp3) is 0.286. The van der Waals surface area contributed by atoms with E-state index in [1.165, 1.54) is 26.0 Å². The molecule has 2 aromatic heterocycles. The number of benzene rings is 1. The SMILES string of the molecule is Cc1nc2cc(Cl)ncc2cc1-c1ccc(F)c(NC(=O)NCCC(C)(C)F)c1. The van der Waals surface area contributed by atoms with Gasteiger partial charge < -0.3 is 10.6 Å². The monoisotopic (exact) mass is 418 g/mol. The predicted molar refractivity (Wildman–Crippen MR) is 112 cm³/mol. The quantitative estimate of drug-likeness (QED) is 0.525. The molecule has 0 atom stereocenters. The standard InChI is InChI=1S/C21H21ClF2N4O/c1-12-15(8-14-11-26-19(22)10-17(14)27-12)13-4-5-16(23)18(9-13)28-20(29)25-7-6-21(2,3)24/h4-5,8-11H,6-7H2,1-3H3,(H2,25,28,29). The lowest BCUT2D eigenvalue weighted by Gasteiger charge is -2.15. The van der Waals surface area contributed by atoms with E-state index < -0.39 is 17.5 Å². The minimum atomic E-state index is -1.39. The molecule has 0 saturated carbocycles. The zero-order valence-corrected chi connectivity index (χ0v) is 17.1. The van der Waals surface area contributed by atoms with Crippen LogP contribution in [0.25, 0.3) is 22.0 Å². The lowest BCUT2D eigenvalue weighted by atomic mass is 10.0. The summed E-state index contributed by atoms with van der Waals surface area (Å²) in [5.74, 6) is -0.574. The zero-order valence-electron chi connectivity index (χ0n) is 16.3. The van der Waals surface area contributed by atoms with Crippen LogP contribution in [0.3, 0.4) is 0 Å². The van der Waals surface area contributed by atoms with Gasteiger partial charge in [0.05, 0.1) is 11.2 Å². The Labute approximate surface area is 172 Å². The molecule has 8 heteroatoms. The van der Waals surface area contributed by atoms with E-state index in [1.807, 2.05) is 13.0 Å². The van der Waals surface area contributed by atoms with E-state index in [1.54, 1.807) is 18.3 Å². The molecule has 5 nitrogen and oxygen atoms in total. The fourth-order valence-corrected chi connectivity index (χ4v) is 3.01. The molecular formula is C21H21ClF2N4O. The molecule has 1 aromatic carbocycles. The molecule has 2 N–H and O–H groups in total. The molecule has 0 unspecified atom stereocenters. The Morgan fingerprint density at radius 3 is 2.72 bits per heavy atom. The third-order valence-electron chi connectivity index (χ3n) is 4.39. The van der Waals surface area contributed by atoms with Crippen molar-refractivity contribution in [1.29, 1.82) is 0 Å². The summed E-state index contributed by atoms with van der Waals surface area (Å²) in [5, 5.41) is 6.14. The highest BCUT2D eigenvalue weighted by atomic mass is 35.5. The number of halogens is 3. The topological polar surface area (TPSA) is 66.9 Å². The Morgan fingerprint density at radius 2 is 2.00 bits per heavy atom. The van der Waals surface area contributed by atoms with E-state index in [-0.39, 0.29) is 18.7 Å². The Bertz CT molecular complexity index is 1070. The van der Waals surface area contributed by atoms with Gasteiger partial charge in [0.1, 0.15) is 16.6 Å². The average molecular weight is 419 g/mol. The summed E-state index contributed by atoms with van der Waals surface area (Å²) in [4.78, 5) is 20.6. The Morgan fingerprint density at radius 1 is 1.24 bits per heavy atom. The highest BCUT2D eigenvalue weighted by Gasteiger charge is 2.16. The van der Waals surface area contributed by atoms with Crippen LogP contribution in [0.5, 0.6) is 0 Å². The number of hydrogen-bond donors (Lipinski definition) is 2. The molecule has 0 aliphatic carbocycles. The lowest BCUT2D eigenvalue weighted by Crippen LogP contribution is -2.32. The van der Waals surface area contributed by atoms with Crippen LogP contribution in [0.2, 0.25) is 5.15 Å². The molecule has 0 aliphatic rings. The van der Waals surface area contributed by atoms with E-state index in [0.717, 1.165) is 16.6 Å². The molecule has 0 saturated heterocycles. The van der Waals surface area contributed by atoms with Crippen molar-refractivity contribution in [2.24, 2.45) is 0 Å². The van der Waals surface area contributed by atoms with Gasteiger partial charge in [0.2, 0.25) is 0 Å². The van der Waals surface area contributed by atoms with Crippen LogP contribution in [0.15, 0.2) is 36.5 Å². The number of rotatable bonds is 5. The number of fused-ring (bicyclic) bond motifs is 1. The Balaban J connectivity index is 1.83. The molecule has 29 heavy (non-hydrogen) atoms. The highest BCUT2D eigenvalue weighted by molar-refractivity contribution is 6.30. The molecule has 152 valence electrons. The van der Waals surface area contributed by atoms with E-state index in [0.29, 0.717) is 16.2 Å². The number of aryl methyl sites for hydroxylation is 1. The number of carbonyl (C=O) groups excluding carboxylic acids is 1. The van der Waals surface area contributed by atoms with Crippen molar-refractivity contribution >= 4 is 34.2 Å². The number of nitrogens with zero attached hydrogens (tertiary/aromatic N) is 2. The summed E-state index contributed by atoms with van der Waals surface area (Å²) in [6.07, 6.45) is 1.78. The van der Waals surface area contributed by atoms with Crippen molar-refractivity contribution in [2.45, 2.75) is 32.9 Å². The van der Waals surface area contributed by atoms with Crippen LogP contribution in [0.4, 0.5) is 19.3 Å². The van der Waals surface area contributed by atoms with Crippen molar-refractivity contribution in [3.8, 4) is 11.1 Å². The van der Waals surface area contributed by atoms with Gasteiger partial charge in [-0.3, -0.25) is 4.98 Å². The second kappa shape index (κ2) is 8.29. The van der Waals surface area contributed by atoms with E-state index in [2.05, 4.69) is 20.6 Å². The first-order valence-electron chi connectivity index (χ1n) is 9.09. The van der Waals surface area contributed by atoms with E-state index in [4.69, 9.17) is 11.6 Å². The second-order valence-corrected chi connectivity index (χ2v) is 7.75. The molecule has 0 bridgehead atoms. The first-order chi connectivity index (χ1) is 13.6. The van der Waals surface area contributed by atoms with Gasteiger partial charge in [0.25, 0.3) is 0 Å². The van der Waals surface area contributed by atoms with Crippen molar-refractivity contribution in [3.05, 3.63) is 53.2 Å².